The van der Waals surface area contributed by atoms with Crippen molar-refractivity contribution in [1.82, 2.24) is 0 Å². The van der Waals surface area contributed by atoms with Crippen LogP contribution in [0.2, 0.25) is 5.02 Å². The number of benzene rings is 2. The molecule has 1 atom stereocenters. The Hall–Kier alpha value is -1.51. The highest BCUT2D eigenvalue weighted by molar-refractivity contribution is 9.09. The number of nitrogens with zero attached hydrogens (tertiary/aromatic N) is 1. The number of nitriles is 1. The third kappa shape index (κ3) is 4.31. The summed E-state index contributed by atoms with van der Waals surface area (Å²) in [5, 5.41) is 10.6. The zero-order valence-electron chi connectivity index (χ0n) is 12.6. The second-order valence-electron chi connectivity index (χ2n) is 5.53. The van der Waals surface area contributed by atoms with E-state index in [4.69, 9.17) is 11.6 Å². The largest absolute Gasteiger partial charge is 0.416 e. The lowest BCUT2D eigenvalue weighted by atomic mass is 9.79. The van der Waals surface area contributed by atoms with Crippen molar-refractivity contribution in [2.75, 3.05) is 5.33 Å². The molecular weight excluding hydrogens is 403 g/mol. The molecule has 126 valence electrons. The minimum absolute atomic E-state index is 0.367. The van der Waals surface area contributed by atoms with Crippen LogP contribution in [-0.2, 0) is 18.0 Å². The topological polar surface area (TPSA) is 23.8 Å². The van der Waals surface area contributed by atoms with E-state index < -0.39 is 17.2 Å². The van der Waals surface area contributed by atoms with Gasteiger partial charge in [0.05, 0.1) is 17.0 Å². The van der Waals surface area contributed by atoms with Gasteiger partial charge in [-0.2, -0.15) is 18.4 Å². The molecule has 1 unspecified atom stereocenters. The summed E-state index contributed by atoms with van der Waals surface area (Å²) in [5.74, 6) is 0. The van der Waals surface area contributed by atoms with Crippen LogP contribution in [0.25, 0.3) is 0 Å². The van der Waals surface area contributed by atoms with E-state index in [0.717, 1.165) is 17.7 Å². The highest BCUT2D eigenvalue weighted by atomic mass is 79.9. The fraction of sp³-hybridized carbons (Fsp3) is 0.278. The molecule has 1 nitrogen and oxygen atoms in total. The molecule has 0 aliphatic carbocycles. The van der Waals surface area contributed by atoms with Crippen LogP contribution in [0.1, 0.15) is 23.1 Å². The molecule has 0 spiro atoms. The van der Waals surface area contributed by atoms with E-state index in [1.807, 2.05) is 0 Å². The van der Waals surface area contributed by atoms with Crippen molar-refractivity contribution in [2.45, 2.75) is 24.4 Å². The lowest BCUT2D eigenvalue weighted by Gasteiger charge is -2.25. The standard InChI is InChI=1S/C18H14BrClF3N/c19-11-17(12-24,14-4-6-16(20)7-5-14)9-8-13-2-1-3-15(10-13)18(21,22)23/h1-7,10H,8-9,11H2. The predicted molar refractivity (Wildman–Crippen MR) is 92.3 cm³/mol. The van der Waals surface area contributed by atoms with Gasteiger partial charge in [-0.15, -0.1) is 0 Å². The Morgan fingerprint density at radius 3 is 2.25 bits per heavy atom. The van der Waals surface area contributed by atoms with Gasteiger partial charge in [-0.25, -0.2) is 0 Å². The average Bonchev–Trinajstić information content (AvgIpc) is 2.57. The van der Waals surface area contributed by atoms with E-state index in [-0.39, 0.29) is 0 Å². The molecule has 2 aromatic rings. The lowest BCUT2D eigenvalue weighted by Crippen LogP contribution is -2.27. The summed E-state index contributed by atoms with van der Waals surface area (Å²) in [6.07, 6.45) is -3.60. The number of rotatable bonds is 5. The minimum atomic E-state index is -4.37. The molecule has 6 heteroatoms. The molecule has 0 N–H and O–H groups in total. The summed E-state index contributed by atoms with van der Waals surface area (Å²) in [6.45, 7) is 0. The highest BCUT2D eigenvalue weighted by Crippen LogP contribution is 2.33. The molecule has 0 aliphatic rings. The number of alkyl halides is 4. The third-order valence-corrected chi connectivity index (χ3v) is 5.14. The summed E-state index contributed by atoms with van der Waals surface area (Å²) in [6, 6.07) is 14.5. The molecule has 0 aromatic heterocycles. The third-order valence-electron chi connectivity index (χ3n) is 3.93. The van der Waals surface area contributed by atoms with Crippen molar-refractivity contribution in [3.8, 4) is 6.07 Å². The highest BCUT2D eigenvalue weighted by Gasteiger charge is 2.32. The normalized spacial score (nSPS) is 14.0. The first-order valence-corrected chi connectivity index (χ1v) is 8.70. The van der Waals surface area contributed by atoms with Crippen molar-refractivity contribution >= 4 is 27.5 Å². The Morgan fingerprint density at radius 1 is 1.04 bits per heavy atom. The Bertz CT molecular complexity index is 737. The van der Waals surface area contributed by atoms with Crippen LogP contribution in [-0.4, -0.2) is 5.33 Å². The molecule has 0 radical (unpaired) electrons. The maximum atomic E-state index is 12.8. The molecule has 0 bridgehead atoms. The van der Waals surface area contributed by atoms with Gasteiger partial charge in [-0.05, 0) is 42.2 Å². The van der Waals surface area contributed by atoms with Crippen molar-refractivity contribution in [3.63, 3.8) is 0 Å². The Kier molecular flexibility index (Phi) is 5.95. The first-order chi connectivity index (χ1) is 11.3. The lowest BCUT2D eigenvalue weighted by molar-refractivity contribution is -0.137. The Labute approximate surface area is 152 Å². The van der Waals surface area contributed by atoms with Gasteiger partial charge in [0, 0.05) is 10.4 Å². The number of hydrogen-bond acceptors (Lipinski definition) is 1. The monoisotopic (exact) mass is 415 g/mol. The van der Waals surface area contributed by atoms with Crippen LogP contribution in [0.3, 0.4) is 0 Å². The maximum Gasteiger partial charge on any atom is 0.416 e. The zero-order valence-corrected chi connectivity index (χ0v) is 14.9. The minimum Gasteiger partial charge on any atom is -0.197 e. The molecule has 0 heterocycles. The smallest absolute Gasteiger partial charge is 0.197 e. The first-order valence-electron chi connectivity index (χ1n) is 7.20. The molecule has 0 saturated heterocycles. The predicted octanol–water partition coefficient (Wildman–Crippen LogP) is 6.15. The summed E-state index contributed by atoms with van der Waals surface area (Å²) in [4.78, 5) is 0. The molecule has 24 heavy (non-hydrogen) atoms. The second-order valence-corrected chi connectivity index (χ2v) is 6.53. The van der Waals surface area contributed by atoms with Gasteiger partial charge < -0.3 is 0 Å². The van der Waals surface area contributed by atoms with Crippen molar-refractivity contribution in [2.24, 2.45) is 0 Å². The number of aryl methyl sites for hydroxylation is 1. The fourth-order valence-electron chi connectivity index (χ4n) is 2.47. The summed E-state index contributed by atoms with van der Waals surface area (Å²) < 4.78 is 38.4. The SMILES string of the molecule is N#CC(CBr)(CCc1cccc(C(F)(F)F)c1)c1ccc(Cl)cc1. The zero-order chi connectivity index (χ0) is 17.8. The van der Waals surface area contributed by atoms with E-state index in [9.17, 15) is 18.4 Å². The van der Waals surface area contributed by atoms with Crippen LogP contribution >= 0.6 is 27.5 Å². The van der Waals surface area contributed by atoms with Gasteiger partial charge in [0.25, 0.3) is 0 Å². The van der Waals surface area contributed by atoms with Gasteiger partial charge in [0.1, 0.15) is 0 Å². The van der Waals surface area contributed by atoms with Crippen LogP contribution in [0, 0.1) is 11.3 Å². The van der Waals surface area contributed by atoms with Gasteiger partial charge in [0.2, 0.25) is 0 Å². The van der Waals surface area contributed by atoms with E-state index >= 15 is 0 Å². The summed E-state index contributed by atoms with van der Waals surface area (Å²) in [5.41, 5.74) is -0.149. The average molecular weight is 417 g/mol. The van der Waals surface area contributed by atoms with Crippen molar-refractivity contribution in [3.05, 3.63) is 70.2 Å². The van der Waals surface area contributed by atoms with E-state index in [0.29, 0.717) is 28.8 Å². The molecule has 0 aliphatic heterocycles. The molecule has 0 saturated carbocycles. The summed E-state index contributed by atoms with van der Waals surface area (Å²) >= 11 is 9.25. The molecule has 2 rings (SSSR count). The van der Waals surface area contributed by atoms with Gasteiger partial charge in [0.15, 0.2) is 0 Å². The Balaban J connectivity index is 2.24. The molecule has 0 amide bonds. The van der Waals surface area contributed by atoms with E-state index in [2.05, 4.69) is 22.0 Å². The van der Waals surface area contributed by atoms with E-state index in [1.165, 1.54) is 6.07 Å². The maximum absolute atomic E-state index is 12.8. The van der Waals surface area contributed by atoms with Crippen LogP contribution in [0.4, 0.5) is 13.2 Å². The van der Waals surface area contributed by atoms with Crippen LogP contribution in [0.5, 0.6) is 0 Å². The van der Waals surface area contributed by atoms with Crippen LogP contribution < -0.4 is 0 Å². The van der Waals surface area contributed by atoms with Gasteiger partial charge >= 0.3 is 6.18 Å². The number of hydrogen-bond donors (Lipinski definition) is 0. The second kappa shape index (κ2) is 7.58. The molecule has 0 fully saturated rings. The fourth-order valence-corrected chi connectivity index (χ4v) is 3.32. The first kappa shape index (κ1) is 18.8. The Morgan fingerprint density at radius 2 is 1.71 bits per heavy atom. The van der Waals surface area contributed by atoms with Crippen LogP contribution in [0.15, 0.2) is 48.5 Å². The molecular formula is C18H14BrClF3N. The quantitative estimate of drug-likeness (QED) is 0.536. The van der Waals surface area contributed by atoms with Gasteiger partial charge in [-0.3, -0.25) is 0 Å². The number of halogens is 5. The van der Waals surface area contributed by atoms with Crippen molar-refractivity contribution < 1.29 is 13.2 Å². The van der Waals surface area contributed by atoms with E-state index in [1.54, 1.807) is 30.3 Å². The van der Waals surface area contributed by atoms with Gasteiger partial charge in [-0.1, -0.05) is 57.9 Å². The van der Waals surface area contributed by atoms with Crippen molar-refractivity contribution in [1.29, 1.82) is 5.26 Å². The summed E-state index contributed by atoms with van der Waals surface area (Å²) in [7, 11) is 0. The molecule has 2 aromatic carbocycles.